The standard InChI is InChI=1S/C6H10N4O3/c1-12-3-2-7-6-5(4-8-11)9-13-10-6/h4,11H,2-3H2,1H3,(H,7,10). The van der Waals surface area contributed by atoms with Crippen molar-refractivity contribution < 1.29 is 14.6 Å². The van der Waals surface area contributed by atoms with E-state index in [1.807, 2.05) is 0 Å². The lowest BCUT2D eigenvalue weighted by Gasteiger charge is -1.99. The van der Waals surface area contributed by atoms with Crippen LogP contribution in [-0.2, 0) is 4.74 Å². The van der Waals surface area contributed by atoms with Gasteiger partial charge in [-0.3, -0.25) is 0 Å². The van der Waals surface area contributed by atoms with Gasteiger partial charge in [0.15, 0.2) is 11.5 Å². The summed E-state index contributed by atoms with van der Waals surface area (Å²) < 4.78 is 9.24. The first kappa shape index (κ1) is 9.46. The van der Waals surface area contributed by atoms with Crippen molar-refractivity contribution in [3.8, 4) is 0 Å². The maximum Gasteiger partial charge on any atom is 0.200 e. The topological polar surface area (TPSA) is 92.8 Å². The Bertz CT molecular complexity index is 273. The van der Waals surface area contributed by atoms with Crippen molar-refractivity contribution in [2.24, 2.45) is 5.16 Å². The number of ether oxygens (including phenoxy) is 1. The summed E-state index contributed by atoms with van der Waals surface area (Å²) in [5, 5.41) is 21.0. The first-order valence-corrected chi connectivity index (χ1v) is 3.61. The Balaban J connectivity index is 2.50. The van der Waals surface area contributed by atoms with Crippen molar-refractivity contribution in [2.75, 3.05) is 25.6 Å². The minimum atomic E-state index is 0.346. The van der Waals surface area contributed by atoms with E-state index in [4.69, 9.17) is 9.94 Å². The van der Waals surface area contributed by atoms with Crippen LogP contribution in [0.5, 0.6) is 0 Å². The molecule has 0 saturated carbocycles. The summed E-state index contributed by atoms with van der Waals surface area (Å²) in [6.45, 7) is 1.12. The summed E-state index contributed by atoms with van der Waals surface area (Å²) in [5.41, 5.74) is 0.346. The SMILES string of the molecule is COCCNc1nonc1C=NO. The summed E-state index contributed by atoms with van der Waals surface area (Å²) in [4.78, 5) is 0. The summed E-state index contributed by atoms with van der Waals surface area (Å²) in [6, 6.07) is 0. The van der Waals surface area contributed by atoms with Gasteiger partial charge < -0.3 is 15.3 Å². The van der Waals surface area contributed by atoms with Crippen molar-refractivity contribution >= 4 is 12.0 Å². The molecule has 13 heavy (non-hydrogen) atoms. The Hall–Kier alpha value is -1.63. The quantitative estimate of drug-likeness (QED) is 0.289. The van der Waals surface area contributed by atoms with Crippen LogP contribution in [0.1, 0.15) is 5.69 Å². The molecule has 1 rings (SSSR count). The number of oxime groups is 1. The van der Waals surface area contributed by atoms with Gasteiger partial charge in [0.25, 0.3) is 0 Å². The molecule has 0 radical (unpaired) electrons. The third kappa shape index (κ3) is 2.71. The van der Waals surface area contributed by atoms with Gasteiger partial charge in [-0.25, -0.2) is 4.63 Å². The van der Waals surface area contributed by atoms with E-state index < -0.39 is 0 Å². The summed E-state index contributed by atoms with van der Waals surface area (Å²) in [6.07, 6.45) is 1.13. The van der Waals surface area contributed by atoms with Gasteiger partial charge in [-0.05, 0) is 10.3 Å². The fraction of sp³-hybridized carbons (Fsp3) is 0.500. The highest BCUT2D eigenvalue weighted by atomic mass is 16.6. The molecule has 72 valence electrons. The molecule has 0 bridgehead atoms. The highest BCUT2D eigenvalue weighted by Gasteiger charge is 2.05. The zero-order valence-corrected chi connectivity index (χ0v) is 7.10. The zero-order valence-electron chi connectivity index (χ0n) is 7.10. The van der Waals surface area contributed by atoms with Crippen LogP contribution in [0.4, 0.5) is 5.82 Å². The van der Waals surface area contributed by atoms with Crippen molar-refractivity contribution in [3.63, 3.8) is 0 Å². The molecule has 0 saturated heterocycles. The van der Waals surface area contributed by atoms with Crippen LogP contribution < -0.4 is 5.32 Å². The van der Waals surface area contributed by atoms with E-state index in [1.165, 1.54) is 0 Å². The zero-order chi connectivity index (χ0) is 9.52. The Labute approximate surface area is 74.3 Å². The van der Waals surface area contributed by atoms with Gasteiger partial charge in [0.1, 0.15) is 0 Å². The smallest absolute Gasteiger partial charge is 0.200 e. The molecule has 1 aromatic rings. The molecule has 0 amide bonds. The largest absolute Gasteiger partial charge is 0.411 e. The van der Waals surface area contributed by atoms with Crippen molar-refractivity contribution in [2.45, 2.75) is 0 Å². The maximum atomic E-state index is 8.24. The van der Waals surface area contributed by atoms with Crippen LogP contribution in [0.3, 0.4) is 0 Å². The predicted octanol–water partition coefficient (Wildman–Crippen LogP) is -0.0640. The van der Waals surface area contributed by atoms with Crippen molar-refractivity contribution in [1.29, 1.82) is 0 Å². The number of anilines is 1. The van der Waals surface area contributed by atoms with Crippen molar-refractivity contribution in [1.82, 2.24) is 10.3 Å². The average molecular weight is 186 g/mol. The van der Waals surface area contributed by atoms with Gasteiger partial charge in [-0.1, -0.05) is 5.16 Å². The second-order valence-electron chi connectivity index (χ2n) is 2.16. The Kier molecular flexibility index (Phi) is 3.71. The average Bonchev–Trinajstić information content (AvgIpc) is 2.54. The van der Waals surface area contributed by atoms with Gasteiger partial charge in [0.05, 0.1) is 12.8 Å². The third-order valence-corrected chi connectivity index (χ3v) is 1.29. The molecule has 2 N–H and O–H groups in total. The molecule has 0 unspecified atom stereocenters. The molecule has 0 spiro atoms. The molecule has 1 aromatic heterocycles. The number of nitrogens with one attached hydrogen (secondary N) is 1. The first-order chi connectivity index (χ1) is 6.38. The van der Waals surface area contributed by atoms with Crippen molar-refractivity contribution in [3.05, 3.63) is 5.69 Å². The molecular weight excluding hydrogens is 176 g/mol. The van der Waals surface area contributed by atoms with E-state index >= 15 is 0 Å². The van der Waals surface area contributed by atoms with Crippen LogP contribution in [0, 0.1) is 0 Å². The van der Waals surface area contributed by atoms with E-state index in [-0.39, 0.29) is 0 Å². The molecule has 7 heteroatoms. The lowest BCUT2D eigenvalue weighted by molar-refractivity contribution is 0.210. The highest BCUT2D eigenvalue weighted by molar-refractivity contribution is 5.82. The van der Waals surface area contributed by atoms with Gasteiger partial charge in [-0.2, -0.15) is 0 Å². The third-order valence-electron chi connectivity index (χ3n) is 1.29. The summed E-state index contributed by atoms with van der Waals surface area (Å²) in [5.74, 6) is 0.426. The molecular formula is C6H10N4O3. The Morgan fingerprint density at radius 2 is 2.54 bits per heavy atom. The fourth-order valence-corrected chi connectivity index (χ4v) is 0.729. The second kappa shape index (κ2) is 5.09. The van der Waals surface area contributed by atoms with E-state index in [1.54, 1.807) is 7.11 Å². The Morgan fingerprint density at radius 1 is 1.69 bits per heavy atom. The van der Waals surface area contributed by atoms with Crippen LogP contribution >= 0.6 is 0 Å². The van der Waals surface area contributed by atoms with Gasteiger partial charge in [0.2, 0.25) is 0 Å². The van der Waals surface area contributed by atoms with Gasteiger partial charge >= 0.3 is 0 Å². The van der Waals surface area contributed by atoms with Crippen LogP contribution in [0.2, 0.25) is 0 Å². The van der Waals surface area contributed by atoms with E-state index in [9.17, 15) is 0 Å². The predicted molar refractivity (Wildman–Crippen MR) is 44.0 cm³/mol. The van der Waals surface area contributed by atoms with E-state index in [0.717, 1.165) is 6.21 Å². The molecule has 0 fully saturated rings. The highest BCUT2D eigenvalue weighted by Crippen LogP contribution is 2.05. The lowest BCUT2D eigenvalue weighted by Crippen LogP contribution is -2.09. The minimum absolute atomic E-state index is 0.346. The van der Waals surface area contributed by atoms with E-state index in [2.05, 4.69) is 25.4 Å². The summed E-state index contributed by atoms with van der Waals surface area (Å²) >= 11 is 0. The molecule has 0 aliphatic carbocycles. The van der Waals surface area contributed by atoms with Gasteiger partial charge in [-0.15, -0.1) is 0 Å². The first-order valence-electron chi connectivity index (χ1n) is 3.61. The number of methoxy groups -OCH3 is 1. The lowest BCUT2D eigenvalue weighted by atomic mass is 10.4. The summed E-state index contributed by atoms with van der Waals surface area (Å²) in [7, 11) is 1.60. The number of hydrogen-bond acceptors (Lipinski definition) is 7. The molecule has 0 aliphatic heterocycles. The van der Waals surface area contributed by atoms with Crippen LogP contribution in [0.15, 0.2) is 9.78 Å². The molecule has 0 aromatic carbocycles. The maximum absolute atomic E-state index is 8.24. The normalized spacial score (nSPS) is 10.8. The number of rotatable bonds is 5. The van der Waals surface area contributed by atoms with Crippen LogP contribution in [0.25, 0.3) is 0 Å². The van der Waals surface area contributed by atoms with Crippen LogP contribution in [-0.4, -0.2) is 42.0 Å². The molecule has 0 atom stereocenters. The molecule has 1 heterocycles. The molecule has 0 aliphatic rings. The number of nitrogens with zero attached hydrogens (tertiary/aromatic N) is 3. The molecule has 7 nitrogen and oxygen atoms in total. The van der Waals surface area contributed by atoms with Gasteiger partial charge in [0, 0.05) is 13.7 Å². The number of aromatic nitrogens is 2. The monoisotopic (exact) mass is 186 g/mol. The number of hydrogen-bond donors (Lipinski definition) is 2. The fourth-order valence-electron chi connectivity index (χ4n) is 0.729. The Morgan fingerprint density at radius 3 is 3.23 bits per heavy atom. The second-order valence-corrected chi connectivity index (χ2v) is 2.16. The minimum Gasteiger partial charge on any atom is -0.411 e. The van der Waals surface area contributed by atoms with E-state index in [0.29, 0.717) is 24.7 Å².